The molecule has 18 heavy (non-hydrogen) atoms. The smallest absolute Gasteiger partial charge is 0.184 e. The Balaban J connectivity index is 2.84. The Bertz CT molecular complexity index is 391. The Kier molecular flexibility index (Phi) is 6.15. The minimum atomic E-state index is 0.0313. The number of alkyl halides is 1. The normalized spacial score (nSPS) is 10.9. The van der Waals surface area contributed by atoms with Gasteiger partial charge in [-0.25, -0.2) is 0 Å². The minimum Gasteiger partial charge on any atom is -0.493 e. The van der Waals surface area contributed by atoms with E-state index in [0.29, 0.717) is 36.7 Å². The largest absolute Gasteiger partial charge is 0.493 e. The molecular weight excluding hydrogens is 254 g/mol. The van der Waals surface area contributed by atoms with Crippen molar-refractivity contribution in [1.82, 2.24) is 14.7 Å². The topological polar surface area (TPSA) is 47.4 Å². The number of nitrogens with zero attached hydrogens (tertiary/aromatic N) is 3. The van der Waals surface area contributed by atoms with Crippen molar-refractivity contribution in [3.63, 3.8) is 0 Å². The highest BCUT2D eigenvalue weighted by Crippen LogP contribution is 2.20. The van der Waals surface area contributed by atoms with Gasteiger partial charge in [0.15, 0.2) is 11.5 Å². The Hall–Kier alpha value is -1.07. The summed E-state index contributed by atoms with van der Waals surface area (Å²) in [5, 5.41) is 4.20. The minimum absolute atomic E-state index is 0.0313. The van der Waals surface area contributed by atoms with Gasteiger partial charge >= 0.3 is 0 Å². The van der Waals surface area contributed by atoms with E-state index in [4.69, 9.17) is 16.3 Å². The van der Waals surface area contributed by atoms with E-state index in [1.807, 2.05) is 19.0 Å². The highest BCUT2D eigenvalue weighted by atomic mass is 35.5. The monoisotopic (exact) mass is 273 g/mol. The van der Waals surface area contributed by atoms with E-state index in [9.17, 15) is 4.79 Å². The zero-order valence-corrected chi connectivity index (χ0v) is 11.9. The van der Waals surface area contributed by atoms with Crippen LogP contribution in [0, 0.1) is 0 Å². The molecule has 0 unspecified atom stereocenters. The van der Waals surface area contributed by atoms with Crippen molar-refractivity contribution in [2.75, 3.05) is 33.6 Å². The van der Waals surface area contributed by atoms with E-state index < -0.39 is 0 Å². The number of carbonyl (C=O) groups is 1. The first-order chi connectivity index (χ1) is 8.60. The molecule has 0 radical (unpaired) electrons. The van der Waals surface area contributed by atoms with E-state index in [1.165, 1.54) is 0 Å². The second-order valence-electron chi connectivity index (χ2n) is 4.30. The molecule has 0 aliphatic rings. The summed E-state index contributed by atoms with van der Waals surface area (Å²) in [6, 6.07) is 0. The first-order valence-corrected chi connectivity index (χ1v) is 6.47. The molecule has 1 aromatic rings. The average Bonchev–Trinajstić information content (AvgIpc) is 2.76. The van der Waals surface area contributed by atoms with Crippen molar-refractivity contribution in [2.24, 2.45) is 0 Å². The molecule has 0 fully saturated rings. The van der Waals surface area contributed by atoms with Gasteiger partial charge in [0, 0.05) is 18.8 Å². The number of methoxy groups -OCH3 is 1. The van der Waals surface area contributed by atoms with Crippen molar-refractivity contribution >= 4 is 17.4 Å². The SMILES string of the molecule is COc1cnn(CCN(C)C)c1C(=O)CCCCl. The zero-order valence-electron chi connectivity index (χ0n) is 11.1. The molecule has 0 spiro atoms. The molecule has 0 amide bonds. The molecule has 1 heterocycles. The van der Waals surface area contributed by atoms with Gasteiger partial charge < -0.3 is 9.64 Å². The van der Waals surface area contributed by atoms with E-state index in [-0.39, 0.29) is 5.78 Å². The maximum atomic E-state index is 12.1. The molecule has 102 valence electrons. The summed E-state index contributed by atoms with van der Waals surface area (Å²) in [4.78, 5) is 14.1. The molecule has 0 atom stereocenters. The Morgan fingerprint density at radius 3 is 2.83 bits per heavy atom. The Labute approximate surface area is 113 Å². The molecule has 0 saturated heterocycles. The van der Waals surface area contributed by atoms with Crippen LogP contribution in [0.25, 0.3) is 0 Å². The first-order valence-electron chi connectivity index (χ1n) is 5.93. The number of hydrogen-bond donors (Lipinski definition) is 0. The average molecular weight is 274 g/mol. The number of rotatable bonds is 8. The van der Waals surface area contributed by atoms with Crippen molar-refractivity contribution in [3.05, 3.63) is 11.9 Å². The van der Waals surface area contributed by atoms with Crippen LogP contribution in [0.4, 0.5) is 0 Å². The predicted octanol–water partition coefficient (Wildman–Crippen LogP) is 1.65. The number of Topliss-reactive ketones (excluding diaryl/α,β-unsaturated/α-hetero) is 1. The summed E-state index contributed by atoms with van der Waals surface area (Å²) < 4.78 is 6.89. The molecule has 1 aromatic heterocycles. The van der Waals surface area contributed by atoms with Crippen molar-refractivity contribution < 1.29 is 9.53 Å². The summed E-state index contributed by atoms with van der Waals surface area (Å²) in [5.41, 5.74) is 0.546. The lowest BCUT2D eigenvalue weighted by atomic mass is 10.1. The van der Waals surface area contributed by atoms with Crippen LogP contribution in [0.15, 0.2) is 6.20 Å². The van der Waals surface area contributed by atoms with Crippen LogP contribution in [-0.2, 0) is 6.54 Å². The molecule has 0 saturated carbocycles. The fraction of sp³-hybridized carbons (Fsp3) is 0.667. The molecule has 0 aliphatic carbocycles. The Morgan fingerprint density at radius 2 is 2.28 bits per heavy atom. The van der Waals surface area contributed by atoms with Gasteiger partial charge in [0.2, 0.25) is 0 Å². The number of halogens is 1. The predicted molar refractivity (Wildman–Crippen MR) is 71.6 cm³/mol. The lowest BCUT2D eigenvalue weighted by Gasteiger charge is -2.12. The Morgan fingerprint density at radius 1 is 1.56 bits per heavy atom. The third kappa shape index (κ3) is 3.99. The van der Waals surface area contributed by atoms with Gasteiger partial charge in [0.25, 0.3) is 0 Å². The van der Waals surface area contributed by atoms with Crippen LogP contribution in [0.2, 0.25) is 0 Å². The molecule has 0 bridgehead atoms. The summed E-state index contributed by atoms with van der Waals surface area (Å²) in [6.07, 6.45) is 2.68. The zero-order chi connectivity index (χ0) is 13.5. The molecular formula is C12H20ClN3O2. The lowest BCUT2D eigenvalue weighted by Crippen LogP contribution is -2.21. The number of likely N-dealkylation sites (N-methyl/N-ethyl adjacent to an activating group) is 1. The van der Waals surface area contributed by atoms with Crippen LogP contribution >= 0.6 is 11.6 Å². The van der Waals surface area contributed by atoms with Crippen molar-refractivity contribution in [1.29, 1.82) is 0 Å². The number of hydrogen-bond acceptors (Lipinski definition) is 4. The van der Waals surface area contributed by atoms with Crippen molar-refractivity contribution in [2.45, 2.75) is 19.4 Å². The fourth-order valence-corrected chi connectivity index (χ4v) is 1.74. The van der Waals surface area contributed by atoms with Crippen LogP contribution in [0.5, 0.6) is 5.75 Å². The quantitative estimate of drug-likeness (QED) is 0.534. The third-order valence-electron chi connectivity index (χ3n) is 2.59. The van der Waals surface area contributed by atoms with Crippen LogP contribution in [0.1, 0.15) is 23.3 Å². The van der Waals surface area contributed by atoms with E-state index in [0.717, 1.165) is 6.54 Å². The maximum absolute atomic E-state index is 12.1. The van der Waals surface area contributed by atoms with Gasteiger partial charge in [-0.3, -0.25) is 9.48 Å². The molecule has 5 nitrogen and oxygen atoms in total. The van der Waals surface area contributed by atoms with Gasteiger partial charge in [0.05, 0.1) is 19.9 Å². The van der Waals surface area contributed by atoms with Crippen molar-refractivity contribution in [3.8, 4) is 5.75 Å². The number of aromatic nitrogens is 2. The fourth-order valence-electron chi connectivity index (χ4n) is 1.61. The molecule has 1 rings (SSSR count). The van der Waals surface area contributed by atoms with Gasteiger partial charge in [-0.15, -0.1) is 11.6 Å². The van der Waals surface area contributed by atoms with E-state index >= 15 is 0 Å². The highest BCUT2D eigenvalue weighted by molar-refractivity contribution is 6.18. The van der Waals surface area contributed by atoms with Gasteiger partial charge in [-0.05, 0) is 20.5 Å². The standard InChI is InChI=1S/C12H20ClN3O2/c1-15(2)7-8-16-12(10(17)5-4-6-13)11(18-3)9-14-16/h9H,4-8H2,1-3H3. The maximum Gasteiger partial charge on any atom is 0.184 e. The van der Waals surface area contributed by atoms with Gasteiger partial charge in [-0.1, -0.05) is 0 Å². The van der Waals surface area contributed by atoms with Crippen LogP contribution in [0.3, 0.4) is 0 Å². The van der Waals surface area contributed by atoms with E-state index in [1.54, 1.807) is 18.0 Å². The first kappa shape index (κ1) is 15.0. The van der Waals surface area contributed by atoms with Crippen LogP contribution in [-0.4, -0.2) is 54.1 Å². The molecule has 6 heteroatoms. The summed E-state index contributed by atoms with van der Waals surface area (Å²) in [6.45, 7) is 1.49. The highest BCUT2D eigenvalue weighted by Gasteiger charge is 2.18. The summed E-state index contributed by atoms with van der Waals surface area (Å²) in [7, 11) is 5.51. The molecule has 0 N–H and O–H groups in total. The number of ether oxygens (including phenoxy) is 1. The molecule has 0 aromatic carbocycles. The summed E-state index contributed by atoms with van der Waals surface area (Å²) >= 11 is 5.61. The van der Waals surface area contributed by atoms with Gasteiger partial charge in [0.1, 0.15) is 5.69 Å². The van der Waals surface area contributed by atoms with Gasteiger partial charge in [-0.2, -0.15) is 5.10 Å². The number of ketones is 1. The second-order valence-corrected chi connectivity index (χ2v) is 4.68. The van der Waals surface area contributed by atoms with Crippen LogP contribution < -0.4 is 4.74 Å². The lowest BCUT2D eigenvalue weighted by molar-refractivity contribution is 0.0967. The summed E-state index contributed by atoms with van der Waals surface area (Å²) in [5.74, 6) is 1.05. The molecule has 0 aliphatic heterocycles. The number of carbonyl (C=O) groups excluding carboxylic acids is 1. The third-order valence-corrected chi connectivity index (χ3v) is 2.85. The van der Waals surface area contributed by atoms with E-state index in [2.05, 4.69) is 5.10 Å². The second kappa shape index (κ2) is 7.38.